The van der Waals surface area contributed by atoms with Crippen molar-refractivity contribution in [2.45, 2.75) is 19.9 Å². The molecule has 0 saturated heterocycles. The summed E-state index contributed by atoms with van der Waals surface area (Å²) < 4.78 is 7.78. The first-order chi connectivity index (χ1) is 8.17. The van der Waals surface area contributed by atoms with Gasteiger partial charge in [0.05, 0.1) is 18.0 Å². The third-order valence-corrected chi connectivity index (χ3v) is 3.18. The van der Waals surface area contributed by atoms with Crippen molar-refractivity contribution >= 4 is 33.5 Å². The molecule has 0 radical (unpaired) electrons. The van der Waals surface area contributed by atoms with Gasteiger partial charge in [-0.3, -0.25) is 9.36 Å². The summed E-state index contributed by atoms with van der Waals surface area (Å²) in [6.07, 6.45) is 0.868. The third kappa shape index (κ3) is 2.29. The van der Waals surface area contributed by atoms with E-state index in [1.165, 1.54) is 7.11 Å². The molecule has 1 aromatic heterocycles. The Labute approximate surface area is 113 Å². The maximum Gasteiger partial charge on any atom is 0.299 e. The number of hydrogen-bond acceptors (Lipinski definition) is 3. The molecule has 17 heavy (non-hydrogen) atoms. The second-order valence-electron chi connectivity index (χ2n) is 3.72. The van der Waals surface area contributed by atoms with Gasteiger partial charge in [-0.15, -0.1) is 0 Å². The fourth-order valence-corrected chi connectivity index (χ4v) is 2.24. The molecule has 0 unspecified atom stereocenters. The molecule has 0 atom stereocenters. The predicted octanol–water partition coefficient (Wildman–Crippen LogP) is 2.42. The Morgan fingerprint density at radius 3 is 2.88 bits per heavy atom. The van der Waals surface area contributed by atoms with E-state index in [9.17, 15) is 4.79 Å². The summed E-state index contributed by atoms with van der Waals surface area (Å²) in [6.45, 7) is 2.64. The topological polar surface area (TPSA) is 44.1 Å². The number of methoxy groups -OCH3 is 1. The van der Waals surface area contributed by atoms with Crippen LogP contribution in [0.5, 0.6) is 6.01 Å². The Morgan fingerprint density at radius 2 is 2.24 bits per heavy atom. The molecule has 0 aliphatic carbocycles. The van der Waals surface area contributed by atoms with E-state index in [0.29, 0.717) is 23.5 Å². The molecule has 0 aliphatic heterocycles. The molecule has 0 aliphatic rings. The number of halogens is 1. The molecule has 0 amide bonds. The van der Waals surface area contributed by atoms with Crippen molar-refractivity contribution in [3.8, 4) is 6.01 Å². The summed E-state index contributed by atoms with van der Waals surface area (Å²) in [7, 11) is 1.53. The number of fused-ring (bicyclic) bond motifs is 1. The SMILES string of the molecule is CCCn1c(OC)nc2ccc(I)cc2c1=O. The largest absolute Gasteiger partial charge is 0.468 e. The van der Waals surface area contributed by atoms with Gasteiger partial charge in [-0.2, -0.15) is 4.98 Å². The van der Waals surface area contributed by atoms with Crippen LogP contribution in [0, 0.1) is 3.57 Å². The highest BCUT2D eigenvalue weighted by Crippen LogP contribution is 2.16. The first kappa shape index (κ1) is 12.3. The zero-order valence-corrected chi connectivity index (χ0v) is 11.9. The van der Waals surface area contributed by atoms with E-state index in [1.807, 2.05) is 25.1 Å². The maximum absolute atomic E-state index is 12.3. The van der Waals surface area contributed by atoms with Crippen molar-refractivity contribution in [3.05, 3.63) is 32.1 Å². The zero-order valence-electron chi connectivity index (χ0n) is 9.74. The lowest BCUT2D eigenvalue weighted by Gasteiger charge is -2.10. The minimum Gasteiger partial charge on any atom is -0.468 e. The maximum atomic E-state index is 12.3. The minimum absolute atomic E-state index is 0.0350. The van der Waals surface area contributed by atoms with Gasteiger partial charge in [0.15, 0.2) is 0 Å². The third-order valence-electron chi connectivity index (χ3n) is 2.51. The summed E-state index contributed by atoms with van der Waals surface area (Å²) in [5.41, 5.74) is 0.645. The minimum atomic E-state index is -0.0350. The Hall–Kier alpha value is -1.11. The highest BCUT2D eigenvalue weighted by Gasteiger charge is 2.10. The molecule has 5 heteroatoms. The number of rotatable bonds is 3. The van der Waals surface area contributed by atoms with E-state index >= 15 is 0 Å². The van der Waals surface area contributed by atoms with Crippen LogP contribution >= 0.6 is 22.6 Å². The molecular weight excluding hydrogens is 331 g/mol. The number of ether oxygens (including phenoxy) is 1. The standard InChI is InChI=1S/C12H13IN2O2/c1-3-6-15-11(16)9-7-8(13)4-5-10(9)14-12(15)17-2/h4-5,7H,3,6H2,1-2H3. The second kappa shape index (κ2) is 5.03. The van der Waals surface area contributed by atoms with Crippen molar-refractivity contribution in [2.75, 3.05) is 7.11 Å². The molecule has 0 spiro atoms. The number of nitrogens with zero attached hydrogens (tertiary/aromatic N) is 2. The average molecular weight is 344 g/mol. The lowest BCUT2D eigenvalue weighted by molar-refractivity contribution is 0.347. The Morgan fingerprint density at radius 1 is 1.47 bits per heavy atom. The zero-order chi connectivity index (χ0) is 12.4. The van der Waals surface area contributed by atoms with Gasteiger partial charge in [0, 0.05) is 10.1 Å². The fourth-order valence-electron chi connectivity index (χ4n) is 1.75. The Balaban J connectivity index is 2.79. The lowest BCUT2D eigenvalue weighted by Crippen LogP contribution is -2.23. The van der Waals surface area contributed by atoms with E-state index < -0.39 is 0 Å². The van der Waals surface area contributed by atoms with Crippen LogP contribution in [0.2, 0.25) is 0 Å². The van der Waals surface area contributed by atoms with Crippen LogP contribution in [-0.4, -0.2) is 16.7 Å². The predicted molar refractivity (Wildman–Crippen MR) is 75.6 cm³/mol. The smallest absolute Gasteiger partial charge is 0.299 e. The molecule has 0 N–H and O–H groups in total. The molecule has 0 saturated carbocycles. The van der Waals surface area contributed by atoms with E-state index in [4.69, 9.17) is 4.74 Å². The Bertz CT molecular complexity index is 607. The van der Waals surface area contributed by atoms with Crippen LogP contribution < -0.4 is 10.3 Å². The van der Waals surface area contributed by atoms with Gasteiger partial charge in [0.25, 0.3) is 11.6 Å². The van der Waals surface area contributed by atoms with Gasteiger partial charge < -0.3 is 4.74 Å². The highest BCUT2D eigenvalue weighted by molar-refractivity contribution is 14.1. The van der Waals surface area contributed by atoms with Gasteiger partial charge in [0.1, 0.15) is 0 Å². The van der Waals surface area contributed by atoms with Crippen LogP contribution in [0.3, 0.4) is 0 Å². The fraction of sp³-hybridized carbons (Fsp3) is 0.333. The normalized spacial score (nSPS) is 10.8. The van der Waals surface area contributed by atoms with Gasteiger partial charge >= 0.3 is 0 Å². The number of benzene rings is 1. The molecular formula is C12H13IN2O2. The molecule has 90 valence electrons. The Kier molecular flexibility index (Phi) is 3.66. The molecule has 1 heterocycles. The summed E-state index contributed by atoms with van der Waals surface area (Å²) in [5, 5.41) is 0.645. The van der Waals surface area contributed by atoms with Gasteiger partial charge in [0.2, 0.25) is 0 Å². The van der Waals surface area contributed by atoms with Crippen molar-refractivity contribution < 1.29 is 4.74 Å². The van der Waals surface area contributed by atoms with Crippen molar-refractivity contribution in [1.82, 2.24) is 9.55 Å². The molecule has 0 fully saturated rings. The quantitative estimate of drug-likeness (QED) is 0.804. The monoisotopic (exact) mass is 344 g/mol. The van der Waals surface area contributed by atoms with E-state index in [0.717, 1.165) is 9.99 Å². The summed E-state index contributed by atoms with van der Waals surface area (Å²) >= 11 is 2.19. The molecule has 2 rings (SSSR count). The van der Waals surface area contributed by atoms with Crippen molar-refractivity contribution in [2.24, 2.45) is 0 Å². The molecule has 0 bridgehead atoms. The van der Waals surface area contributed by atoms with Crippen molar-refractivity contribution in [1.29, 1.82) is 0 Å². The average Bonchev–Trinajstić information content (AvgIpc) is 2.33. The van der Waals surface area contributed by atoms with Crippen LogP contribution in [0.4, 0.5) is 0 Å². The van der Waals surface area contributed by atoms with Gasteiger partial charge in [-0.05, 0) is 47.2 Å². The van der Waals surface area contributed by atoms with Crippen LogP contribution in [-0.2, 0) is 6.54 Å². The number of hydrogen-bond donors (Lipinski definition) is 0. The van der Waals surface area contributed by atoms with E-state index in [2.05, 4.69) is 27.6 Å². The van der Waals surface area contributed by atoms with E-state index in [1.54, 1.807) is 4.57 Å². The second-order valence-corrected chi connectivity index (χ2v) is 4.96. The summed E-state index contributed by atoms with van der Waals surface area (Å²) in [6, 6.07) is 6.01. The first-order valence-electron chi connectivity index (χ1n) is 5.41. The molecule has 4 nitrogen and oxygen atoms in total. The summed E-state index contributed by atoms with van der Waals surface area (Å²) in [5.74, 6) is 0. The number of aromatic nitrogens is 2. The first-order valence-corrected chi connectivity index (χ1v) is 6.49. The van der Waals surface area contributed by atoms with Crippen LogP contribution in [0.15, 0.2) is 23.0 Å². The van der Waals surface area contributed by atoms with Crippen molar-refractivity contribution in [3.63, 3.8) is 0 Å². The molecule has 1 aromatic carbocycles. The van der Waals surface area contributed by atoms with Gasteiger partial charge in [-0.1, -0.05) is 6.92 Å². The van der Waals surface area contributed by atoms with E-state index in [-0.39, 0.29) is 5.56 Å². The van der Waals surface area contributed by atoms with Crippen LogP contribution in [0.1, 0.15) is 13.3 Å². The lowest BCUT2D eigenvalue weighted by atomic mass is 10.2. The molecule has 2 aromatic rings. The van der Waals surface area contributed by atoms with Gasteiger partial charge in [-0.25, -0.2) is 0 Å². The summed E-state index contributed by atoms with van der Waals surface area (Å²) in [4.78, 5) is 16.6. The van der Waals surface area contributed by atoms with Crippen LogP contribution in [0.25, 0.3) is 10.9 Å². The highest BCUT2D eigenvalue weighted by atomic mass is 127.